The highest BCUT2D eigenvalue weighted by Gasteiger charge is 2.31. The molecule has 0 spiro atoms. The van der Waals surface area contributed by atoms with Crippen LogP contribution in [0.15, 0.2) is 18.3 Å². The van der Waals surface area contributed by atoms with Crippen LogP contribution in [0.3, 0.4) is 0 Å². The predicted octanol–water partition coefficient (Wildman–Crippen LogP) is 0.818. The third-order valence-corrected chi connectivity index (χ3v) is 3.25. The van der Waals surface area contributed by atoms with Gasteiger partial charge in [0.2, 0.25) is 5.91 Å². The number of anilines is 1. The maximum atomic E-state index is 11.9. The van der Waals surface area contributed by atoms with Gasteiger partial charge in [-0.2, -0.15) is 0 Å². The lowest BCUT2D eigenvalue weighted by Crippen LogP contribution is -2.48. The number of likely N-dealkylation sites (tertiary alicyclic amines) is 1. The molecule has 1 atom stereocenters. The molecule has 2 heterocycles. The molecule has 1 aromatic rings. The molecule has 0 aromatic carbocycles. The highest BCUT2D eigenvalue weighted by Crippen LogP contribution is 2.16. The van der Waals surface area contributed by atoms with Crippen molar-refractivity contribution in [1.82, 2.24) is 9.88 Å². The fraction of sp³-hybridized carbons (Fsp3) is 0.429. The van der Waals surface area contributed by atoms with E-state index in [0.717, 1.165) is 4.90 Å². The minimum absolute atomic E-state index is 0.177. The third kappa shape index (κ3) is 3.36. The first-order chi connectivity index (χ1) is 10.0. The number of ether oxygens (including phenoxy) is 1. The summed E-state index contributed by atoms with van der Waals surface area (Å²) in [6.07, 6.45) is 2.15. The van der Waals surface area contributed by atoms with Gasteiger partial charge < -0.3 is 10.1 Å². The summed E-state index contributed by atoms with van der Waals surface area (Å²) < 4.78 is 4.86. The summed E-state index contributed by atoms with van der Waals surface area (Å²) in [7, 11) is 1.47. The summed E-state index contributed by atoms with van der Waals surface area (Å²) in [4.78, 5) is 40.0. The number of likely N-dealkylation sites (N-methyl/N-ethyl adjacent to an activating group) is 1. The Morgan fingerprint density at radius 1 is 1.48 bits per heavy atom. The van der Waals surface area contributed by atoms with Crippen LogP contribution in [-0.4, -0.2) is 47.4 Å². The summed E-state index contributed by atoms with van der Waals surface area (Å²) in [6, 6.07) is 2.71. The molecule has 1 saturated heterocycles. The maximum absolute atomic E-state index is 11.9. The molecule has 1 aliphatic heterocycles. The lowest BCUT2D eigenvalue weighted by molar-refractivity contribution is -0.146. The van der Waals surface area contributed by atoms with Crippen LogP contribution < -0.4 is 5.32 Å². The van der Waals surface area contributed by atoms with Crippen LogP contribution in [0, 0.1) is 0 Å². The van der Waals surface area contributed by atoms with E-state index in [1.54, 1.807) is 19.1 Å². The monoisotopic (exact) mass is 291 g/mol. The molecule has 0 aliphatic carbocycles. The number of hydrogen-bond acceptors (Lipinski definition) is 6. The molecule has 1 fully saturated rings. The van der Waals surface area contributed by atoms with Crippen LogP contribution in [0.4, 0.5) is 5.82 Å². The lowest BCUT2D eigenvalue weighted by atomic mass is 10.0. The zero-order chi connectivity index (χ0) is 15.4. The van der Waals surface area contributed by atoms with E-state index in [1.807, 2.05) is 0 Å². The number of carbonyl (C=O) groups excluding carboxylic acids is 3. The fourth-order valence-electron chi connectivity index (χ4n) is 2.04. The Balaban J connectivity index is 2.02. The number of esters is 1. The van der Waals surface area contributed by atoms with Crippen molar-refractivity contribution in [2.24, 2.45) is 0 Å². The van der Waals surface area contributed by atoms with Crippen molar-refractivity contribution in [3.63, 3.8) is 0 Å². The maximum Gasteiger partial charge on any atom is 0.339 e. The van der Waals surface area contributed by atoms with E-state index in [4.69, 9.17) is 4.74 Å². The molecule has 2 amide bonds. The number of nitrogens with zero attached hydrogens (tertiary/aromatic N) is 2. The van der Waals surface area contributed by atoms with Crippen LogP contribution >= 0.6 is 0 Å². The molecule has 0 radical (unpaired) electrons. The first kappa shape index (κ1) is 15.0. The second-order valence-electron chi connectivity index (χ2n) is 4.68. The SMILES string of the molecule is CCOC(=O)c1ccc(NC2CCC(=O)N(C)C2=O)nc1. The zero-order valence-corrected chi connectivity index (χ0v) is 12.0. The molecule has 7 heteroatoms. The number of rotatable bonds is 4. The van der Waals surface area contributed by atoms with E-state index in [0.29, 0.717) is 30.8 Å². The van der Waals surface area contributed by atoms with Gasteiger partial charge >= 0.3 is 5.97 Å². The Hall–Kier alpha value is -2.44. The van der Waals surface area contributed by atoms with Crippen molar-refractivity contribution in [1.29, 1.82) is 0 Å². The predicted molar refractivity (Wildman–Crippen MR) is 74.6 cm³/mol. The van der Waals surface area contributed by atoms with Crippen molar-refractivity contribution in [3.8, 4) is 0 Å². The standard InChI is InChI=1S/C14H17N3O4/c1-3-21-14(20)9-4-6-11(15-8-9)16-10-5-7-12(18)17(2)13(10)19/h4,6,8,10H,3,5,7H2,1-2H3,(H,15,16). The Morgan fingerprint density at radius 3 is 2.86 bits per heavy atom. The minimum Gasteiger partial charge on any atom is -0.462 e. The van der Waals surface area contributed by atoms with Crippen molar-refractivity contribution in [2.75, 3.05) is 19.0 Å². The number of aromatic nitrogens is 1. The van der Waals surface area contributed by atoms with Gasteiger partial charge in [0.1, 0.15) is 11.9 Å². The third-order valence-electron chi connectivity index (χ3n) is 3.25. The first-order valence-corrected chi connectivity index (χ1v) is 6.73. The molecule has 2 rings (SSSR count). The molecule has 21 heavy (non-hydrogen) atoms. The number of hydrogen-bond donors (Lipinski definition) is 1. The van der Waals surface area contributed by atoms with E-state index < -0.39 is 12.0 Å². The Labute approximate surface area is 122 Å². The van der Waals surface area contributed by atoms with Crippen molar-refractivity contribution in [3.05, 3.63) is 23.9 Å². The molecule has 1 unspecified atom stereocenters. The zero-order valence-electron chi connectivity index (χ0n) is 12.0. The van der Waals surface area contributed by atoms with E-state index in [9.17, 15) is 14.4 Å². The summed E-state index contributed by atoms with van der Waals surface area (Å²) in [6.45, 7) is 2.03. The number of amides is 2. The molecule has 1 aliphatic rings. The van der Waals surface area contributed by atoms with Crippen LogP contribution in [0.2, 0.25) is 0 Å². The molecule has 1 aromatic heterocycles. The normalized spacial score (nSPS) is 18.6. The fourth-order valence-corrected chi connectivity index (χ4v) is 2.04. The number of piperidine rings is 1. The van der Waals surface area contributed by atoms with Crippen LogP contribution in [-0.2, 0) is 14.3 Å². The van der Waals surface area contributed by atoms with Gasteiger partial charge in [0.15, 0.2) is 0 Å². The van der Waals surface area contributed by atoms with Gasteiger partial charge in [0, 0.05) is 19.7 Å². The van der Waals surface area contributed by atoms with Gasteiger partial charge in [-0.3, -0.25) is 14.5 Å². The minimum atomic E-state index is -0.478. The summed E-state index contributed by atoms with van der Waals surface area (Å²) in [5.74, 6) is -0.411. The van der Waals surface area contributed by atoms with Crippen LogP contribution in [0.1, 0.15) is 30.1 Å². The van der Waals surface area contributed by atoms with Gasteiger partial charge in [0.05, 0.1) is 12.2 Å². The second kappa shape index (κ2) is 6.34. The molecular formula is C14H17N3O4. The van der Waals surface area contributed by atoms with Gasteiger partial charge in [0.25, 0.3) is 5.91 Å². The average Bonchev–Trinajstić information content (AvgIpc) is 2.49. The molecule has 0 bridgehead atoms. The molecular weight excluding hydrogens is 274 g/mol. The topological polar surface area (TPSA) is 88.6 Å². The highest BCUT2D eigenvalue weighted by molar-refractivity contribution is 6.01. The second-order valence-corrected chi connectivity index (χ2v) is 4.68. The van der Waals surface area contributed by atoms with Gasteiger partial charge in [-0.25, -0.2) is 9.78 Å². The summed E-state index contributed by atoms with van der Waals surface area (Å²) in [5.41, 5.74) is 0.352. The van der Waals surface area contributed by atoms with Crippen LogP contribution in [0.5, 0.6) is 0 Å². The Bertz CT molecular complexity index is 556. The molecule has 7 nitrogen and oxygen atoms in total. The lowest BCUT2D eigenvalue weighted by Gasteiger charge is -2.28. The van der Waals surface area contributed by atoms with Crippen LogP contribution in [0.25, 0.3) is 0 Å². The Kier molecular flexibility index (Phi) is 4.52. The average molecular weight is 291 g/mol. The van der Waals surface area contributed by atoms with Crippen molar-refractivity contribution in [2.45, 2.75) is 25.8 Å². The summed E-state index contributed by atoms with van der Waals surface area (Å²) >= 11 is 0. The van der Waals surface area contributed by atoms with Crippen molar-refractivity contribution < 1.29 is 19.1 Å². The smallest absolute Gasteiger partial charge is 0.339 e. The number of imide groups is 1. The summed E-state index contributed by atoms with van der Waals surface area (Å²) in [5, 5.41) is 2.97. The highest BCUT2D eigenvalue weighted by atomic mass is 16.5. The van der Waals surface area contributed by atoms with Gasteiger partial charge in [-0.05, 0) is 25.5 Å². The molecule has 1 N–H and O–H groups in total. The van der Waals surface area contributed by atoms with E-state index in [1.165, 1.54) is 13.2 Å². The quantitative estimate of drug-likeness (QED) is 0.652. The first-order valence-electron chi connectivity index (χ1n) is 6.73. The molecule has 112 valence electrons. The number of pyridine rings is 1. The largest absolute Gasteiger partial charge is 0.462 e. The Morgan fingerprint density at radius 2 is 2.24 bits per heavy atom. The van der Waals surface area contributed by atoms with E-state index in [-0.39, 0.29) is 11.8 Å². The van der Waals surface area contributed by atoms with E-state index in [2.05, 4.69) is 10.3 Å². The van der Waals surface area contributed by atoms with Crippen molar-refractivity contribution >= 4 is 23.6 Å². The number of nitrogens with one attached hydrogen (secondary N) is 1. The number of carbonyl (C=O) groups is 3. The molecule has 0 saturated carbocycles. The van der Waals surface area contributed by atoms with Gasteiger partial charge in [-0.1, -0.05) is 0 Å². The van der Waals surface area contributed by atoms with E-state index >= 15 is 0 Å². The van der Waals surface area contributed by atoms with Gasteiger partial charge in [-0.15, -0.1) is 0 Å².